The third kappa shape index (κ3) is 1.95. The molecule has 2 heterocycles. The monoisotopic (exact) mass is 272 g/mol. The molecule has 1 aromatic rings. The van der Waals surface area contributed by atoms with Crippen LogP contribution in [0.3, 0.4) is 0 Å². The number of hydrogen-bond acceptors (Lipinski definition) is 3. The van der Waals surface area contributed by atoms with Crippen molar-refractivity contribution in [3.05, 3.63) is 34.9 Å². The van der Waals surface area contributed by atoms with E-state index in [1.165, 1.54) is 4.90 Å². The lowest BCUT2D eigenvalue weighted by atomic mass is 9.94. The zero-order valence-corrected chi connectivity index (χ0v) is 12.1. The molecule has 3 rings (SSSR count). The Labute approximate surface area is 119 Å². The van der Waals surface area contributed by atoms with Gasteiger partial charge in [0, 0.05) is 12.1 Å². The predicted molar refractivity (Wildman–Crippen MR) is 76.8 cm³/mol. The molecule has 4 heteroatoms. The Bertz CT molecular complexity index is 582. The van der Waals surface area contributed by atoms with Gasteiger partial charge in [-0.15, -0.1) is 0 Å². The standard InChI is InChI=1S/C16H20N2O2/c1-9-4-6-12-13(8-9)16(20)18(15(12)19)14-7-5-10(2)17-11(14)3/h4,6,8,10-11,14,17H,5,7H2,1-3H3. The second-order valence-corrected chi connectivity index (χ2v) is 6.03. The average Bonchev–Trinajstić information content (AvgIpc) is 2.63. The first-order valence-electron chi connectivity index (χ1n) is 7.23. The number of nitrogens with zero attached hydrogens (tertiary/aromatic N) is 1. The van der Waals surface area contributed by atoms with Gasteiger partial charge >= 0.3 is 0 Å². The van der Waals surface area contributed by atoms with Crippen LogP contribution < -0.4 is 5.32 Å². The first-order valence-corrected chi connectivity index (χ1v) is 7.23. The van der Waals surface area contributed by atoms with Crippen molar-refractivity contribution in [1.29, 1.82) is 0 Å². The minimum Gasteiger partial charge on any atom is -0.310 e. The van der Waals surface area contributed by atoms with Gasteiger partial charge in [-0.1, -0.05) is 11.6 Å². The molecule has 4 nitrogen and oxygen atoms in total. The minimum absolute atomic E-state index is 0.0427. The molecular weight excluding hydrogens is 252 g/mol. The van der Waals surface area contributed by atoms with E-state index < -0.39 is 0 Å². The molecule has 3 unspecified atom stereocenters. The number of imide groups is 1. The Hall–Kier alpha value is -1.68. The van der Waals surface area contributed by atoms with E-state index in [0.717, 1.165) is 18.4 Å². The highest BCUT2D eigenvalue weighted by Gasteiger charge is 2.43. The van der Waals surface area contributed by atoms with Crippen LogP contribution in [0.4, 0.5) is 0 Å². The Morgan fingerprint density at radius 2 is 1.80 bits per heavy atom. The molecule has 0 aliphatic carbocycles. The van der Waals surface area contributed by atoms with Crippen molar-refractivity contribution >= 4 is 11.8 Å². The van der Waals surface area contributed by atoms with Crippen LogP contribution in [0.2, 0.25) is 0 Å². The maximum Gasteiger partial charge on any atom is 0.261 e. The number of benzene rings is 1. The number of piperidine rings is 1. The highest BCUT2D eigenvalue weighted by molar-refractivity contribution is 6.21. The molecule has 2 aliphatic heterocycles. The molecule has 0 saturated carbocycles. The fourth-order valence-electron chi connectivity index (χ4n) is 3.34. The summed E-state index contributed by atoms with van der Waals surface area (Å²) >= 11 is 0. The molecule has 106 valence electrons. The van der Waals surface area contributed by atoms with Crippen LogP contribution >= 0.6 is 0 Å². The summed E-state index contributed by atoms with van der Waals surface area (Å²) in [6.45, 7) is 6.13. The summed E-state index contributed by atoms with van der Waals surface area (Å²) in [6, 6.07) is 6.02. The number of fused-ring (bicyclic) bond motifs is 1. The summed E-state index contributed by atoms with van der Waals surface area (Å²) in [5, 5.41) is 3.44. The van der Waals surface area contributed by atoms with Crippen LogP contribution in [0, 0.1) is 6.92 Å². The van der Waals surface area contributed by atoms with Crippen LogP contribution in [0.5, 0.6) is 0 Å². The van der Waals surface area contributed by atoms with E-state index in [2.05, 4.69) is 19.2 Å². The van der Waals surface area contributed by atoms with Crippen LogP contribution in [0.1, 0.15) is 53.0 Å². The third-order valence-corrected chi connectivity index (χ3v) is 4.43. The van der Waals surface area contributed by atoms with Gasteiger partial charge in [-0.05, 0) is 45.7 Å². The van der Waals surface area contributed by atoms with Gasteiger partial charge in [0.15, 0.2) is 0 Å². The summed E-state index contributed by atoms with van der Waals surface area (Å²) in [4.78, 5) is 26.6. The predicted octanol–water partition coefficient (Wildman–Crippen LogP) is 2.12. The van der Waals surface area contributed by atoms with Gasteiger partial charge in [-0.3, -0.25) is 14.5 Å². The van der Waals surface area contributed by atoms with E-state index in [-0.39, 0.29) is 23.9 Å². The van der Waals surface area contributed by atoms with Crippen LogP contribution in [0.25, 0.3) is 0 Å². The zero-order valence-electron chi connectivity index (χ0n) is 12.1. The molecule has 0 radical (unpaired) electrons. The number of carbonyl (C=O) groups excluding carboxylic acids is 2. The maximum absolute atomic E-state index is 12.6. The quantitative estimate of drug-likeness (QED) is 0.797. The van der Waals surface area contributed by atoms with Crippen molar-refractivity contribution in [2.45, 2.75) is 51.7 Å². The average molecular weight is 272 g/mol. The SMILES string of the molecule is Cc1ccc2c(c1)C(=O)N(C1CCC(C)NC1C)C2=O. The number of amides is 2. The zero-order chi connectivity index (χ0) is 14.4. The first kappa shape index (κ1) is 13.3. The molecule has 1 aromatic carbocycles. The summed E-state index contributed by atoms with van der Waals surface area (Å²) < 4.78 is 0. The van der Waals surface area contributed by atoms with Crippen LogP contribution in [-0.2, 0) is 0 Å². The molecular formula is C16H20N2O2. The van der Waals surface area contributed by atoms with E-state index >= 15 is 0 Å². The molecule has 1 saturated heterocycles. The number of hydrogen-bond donors (Lipinski definition) is 1. The molecule has 2 amide bonds. The largest absolute Gasteiger partial charge is 0.310 e. The Balaban J connectivity index is 1.93. The smallest absolute Gasteiger partial charge is 0.261 e. The van der Waals surface area contributed by atoms with Gasteiger partial charge in [-0.2, -0.15) is 0 Å². The normalized spacial score (nSPS) is 29.8. The number of nitrogens with one attached hydrogen (secondary N) is 1. The molecule has 2 aliphatic rings. The summed E-state index contributed by atoms with van der Waals surface area (Å²) in [6.07, 6.45) is 1.86. The van der Waals surface area contributed by atoms with E-state index in [4.69, 9.17) is 0 Å². The van der Waals surface area contributed by atoms with E-state index in [1.807, 2.05) is 19.1 Å². The second-order valence-electron chi connectivity index (χ2n) is 6.03. The lowest BCUT2D eigenvalue weighted by molar-refractivity contribution is 0.0504. The lowest BCUT2D eigenvalue weighted by Crippen LogP contribution is -2.56. The van der Waals surface area contributed by atoms with Gasteiger partial charge in [0.05, 0.1) is 17.2 Å². The Morgan fingerprint density at radius 3 is 2.50 bits per heavy atom. The number of carbonyl (C=O) groups is 2. The molecule has 20 heavy (non-hydrogen) atoms. The highest BCUT2D eigenvalue weighted by atomic mass is 16.2. The Kier molecular flexibility index (Phi) is 3.13. The third-order valence-electron chi connectivity index (χ3n) is 4.43. The van der Waals surface area contributed by atoms with E-state index in [0.29, 0.717) is 17.2 Å². The molecule has 0 aromatic heterocycles. The van der Waals surface area contributed by atoms with Crippen molar-refractivity contribution in [1.82, 2.24) is 10.2 Å². The molecule has 0 bridgehead atoms. The van der Waals surface area contributed by atoms with Crippen molar-refractivity contribution < 1.29 is 9.59 Å². The Morgan fingerprint density at radius 1 is 1.10 bits per heavy atom. The summed E-state index contributed by atoms with van der Waals surface area (Å²) in [5.74, 6) is -0.278. The van der Waals surface area contributed by atoms with Gasteiger partial charge < -0.3 is 5.32 Å². The highest BCUT2D eigenvalue weighted by Crippen LogP contribution is 2.29. The van der Waals surface area contributed by atoms with Gasteiger partial charge in [0.25, 0.3) is 11.8 Å². The minimum atomic E-state index is -0.141. The van der Waals surface area contributed by atoms with Crippen molar-refractivity contribution in [2.75, 3.05) is 0 Å². The number of aryl methyl sites for hydroxylation is 1. The van der Waals surface area contributed by atoms with Crippen molar-refractivity contribution in [2.24, 2.45) is 0 Å². The van der Waals surface area contributed by atoms with Gasteiger partial charge in [-0.25, -0.2) is 0 Å². The lowest BCUT2D eigenvalue weighted by Gasteiger charge is -2.38. The van der Waals surface area contributed by atoms with Crippen LogP contribution in [-0.4, -0.2) is 34.8 Å². The molecule has 3 atom stereocenters. The summed E-state index contributed by atoms with van der Waals surface area (Å²) in [7, 11) is 0. The number of rotatable bonds is 1. The van der Waals surface area contributed by atoms with Gasteiger partial charge in [0.1, 0.15) is 0 Å². The van der Waals surface area contributed by atoms with Crippen LogP contribution in [0.15, 0.2) is 18.2 Å². The van der Waals surface area contributed by atoms with Gasteiger partial charge in [0.2, 0.25) is 0 Å². The second kappa shape index (κ2) is 4.70. The topological polar surface area (TPSA) is 49.4 Å². The van der Waals surface area contributed by atoms with E-state index in [9.17, 15) is 9.59 Å². The summed E-state index contributed by atoms with van der Waals surface area (Å²) in [5.41, 5.74) is 2.11. The molecule has 0 spiro atoms. The van der Waals surface area contributed by atoms with Crippen molar-refractivity contribution in [3.63, 3.8) is 0 Å². The van der Waals surface area contributed by atoms with Crippen molar-refractivity contribution in [3.8, 4) is 0 Å². The molecule has 1 fully saturated rings. The molecule has 1 N–H and O–H groups in total. The van der Waals surface area contributed by atoms with E-state index in [1.54, 1.807) is 6.07 Å². The fraction of sp³-hybridized carbons (Fsp3) is 0.500. The fourth-order valence-corrected chi connectivity index (χ4v) is 3.34. The maximum atomic E-state index is 12.6. The first-order chi connectivity index (χ1) is 9.49.